The minimum Gasteiger partial charge on any atom is -0.476 e. The number of rotatable bonds is 5. The van der Waals surface area contributed by atoms with Gasteiger partial charge in [-0.05, 0) is 31.0 Å². The summed E-state index contributed by atoms with van der Waals surface area (Å²) >= 11 is 1.18. The minimum absolute atomic E-state index is 0.0311. The van der Waals surface area contributed by atoms with Crippen LogP contribution in [-0.4, -0.2) is 34.4 Å². The van der Waals surface area contributed by atoms with Crippen LogP contribution in [0.2, 0.25) is 0 Å². The van der Waals surface area contributed by atoms with Crippen molar-refractivity contribution in [1.29, 1.82) is 0 Å². The van der Waals surface area contributed by atoms with E-state index in [2.05, 4.69) is 10.3 Å². The second-order valence-corrected chi connectivity index (χ2v) is 7.22. The average molecular weight is 373 g/mol. The lowest BCUT2D eigenvalue weighted by Gasteiger charge is -2.20. The van der Waals surface area contributed by atoms with Gasteiger partial charge in [-0.15, -0.1) is 11.3 Å². The van der Waals surface area contributed by atoms with Crippen LogP contribution in [0.4, 0.5) is 5.69 Å². The molecular weight excluding hydrogens is 354 g/mol. The molecule has 136 valence electrons. The molecule has 1 aromatic heterocycles. The molecule has 2 aromatic rings. The van der Waals surface area contributed by atoms with Gasteiger partial charge < -0.3 is 15.3 Å². The standard InChI is InChI=1S/C18H19N3O4S/c1-10-4-3-5-14(11(10)2)21-8-12(6-16(21)22)17(23)19-7-15-20-13(9-26-15)18(24)25/h3-5,9,12H,6-8H2,1-2H3,(H,19,23)(H,24,25)/t12-/m0/s1. The van der Waals surface area contributed by atoms with Gasteiger partial charge in [0.15, 0.2) is 5.69 Å². The highest BCUT2D eigenvalue weighted by molar-refractivity contribution is 7.09. The van der Waals surface area contributed by atoms with Crippen LogP contribution in [0.5, 0.6) is 0 Å². The van der Waals surface area contributed by atoms with Crippen molar-refractivity contribution < 1.29 is 19.5 Å². The number of benzene rings is 1. The van der Waals surface area contributed by atoms with Gasteiger partial charge in [-0.25, -0.2) is 9.78 Å². The van der Waals surface area contributed by atoms with E-state index in [1.807, 2.05) is 32.0 Å². The fourth-order valence-corrected chi connectivity index (χ4v) is 3.65. The van der Waals surface area contributed by atoms with Gasteiger partial charge in [0, 0.05) is 24.0 Å². The second kappa shape index (κ2) is 7.25. The number of aryl methyl sites for hydroxylation is 1. The molecule has 1 aliphatic rings. The molecule has 1 saturated heterocycles. The largest absolute Gasteiger partial charge is 0.476 e. The van der Waals surface area contributed by atoms with Crippen molar-refractivity contribution in [3.05, 3.63) is 45.4 Å². The Morgan fingerprint density at radius 2 is 2.15 bits per heavy atom. The summed E-state index contributed by atoms with van der Waals surface area (Å²) < 4.78 is 0. The highest BCUT2D eigenvalue weighted by Gasteiger charge is 2.35. The Hall–Kier alpha value is -2.74. The molecule has 0 saturated carbocycles. The third kappa shape index (κ3) is 3.60. The molecule has 2 amide bonds. The lowest BCUT2D eigenvalue weighted by molar-refractivity contribution is -0.126. The highest BCUT2D eigenvalue weighted by Crippen LogP contribution is 2.29. The Labute approximate surface area is 154 Å². The fourth-order valence-electron chi connectivity index (χ4n) is 2.94. The zero-order valence-corrected chi connectivity index (χ0v) is 15.3. The number of thiazole rings is 1. The number of carbonyl (C=O) groups excluding carboxylic acids is 2. The number of aromatic carboxylic acids is 1. The van der Waals surface area contributed by atoms with Crippen molar-refractivity contribution in [1.82, 2.24) is 10.3 Å². The van der Waals surface area contributed by atoms with Crippen LogP contribution >= 0.6 is 11.3 Å². The summed E-state index contributed by atoms with van der Waals surface area (Å²) in [6.07, 6.45) is 0.164. The molecule has 1 fully saturated rings. The number of anilines is 1. The summed E-state index contributed by atoms with van der Waals surface area (Å²) in [4.78, 5) is 41.2. The number of carboxylic acid groups (broad SMARTS) is 1. The van der Waals surface area contributed by atoms with Gasteiger partial charge in [0.05, 0.1) is 12.5 Å². The highest BCUT2D eigenvalue weighted by atomic mass is 32.1. The first-order valence-electron chi connectivity index (χ1n) is 8.18. The van der Waals surface area contributed by atoms with Crippen molar-refractivity contribution in [2.45, 2.75) is 26.8 Å². The predicted octanol–water partition coefficient (Wildman–Crippen LogP) is 2.13. The second-order valence-electron chi connectivity index (χ2n) is 6.27. The molecule has 0 radical (unpaired) electrons. The molecular formula is C18H19N3O4S. The first kappa shape index (κ1) is 18.1. The molecule has 0 aliphatic carbocycles. The minimum atomic E-state index is -1.09. The number of nitrogens with zero attached hydrogens (tertiary/aromatic N) is 2. The number of carboxylic acids is 1. The Morgan fingerprint density at radius 3 is 2.85 bits per heavy atom. The summed E-state index contributed by atoms with van der Waals surface area (Å²) in [5.74, 6) is -1.81. The molecule has 7 nitrogen and oxygen atoms in total. The molecule has 0 bridgehead atoms. The van der Waals surface area contributed by atoms with Crippen molar-refractivity contribution >= 4 is 34.8 Å². The van der Waals surface area contributed by atoms with Gasteiger partial charge in [-0.3, -0.25) is 9.59 Å². The topological polar surface area (TPSA) is 99.6 Å². The number of hydrogen-bond donors (Lipinski definition) is 2. The summed E-state index contributed by atoms with van der Waals surface area (Å²) in [7, 11) is 0. The van der Waals surface area contributed by atoms with Crippen LogP contribution in [0.25, 0.3) is 0 Å². The Bertz CT molecular complexity index is 877. The van der Waals surface area contributed by atoms with Crippen LogP contribution in [0.3, 0.4) is 0 Å². The molecule has 1 atom stereocenters. The van der Waals surface area contributed by atoms with Crippen LogP contribution in [0.1, 0.15) is 33.0 Å². The SMILES string of the molecule is Cc1cccc(N2C[C@@H](C(=O)NCc3nc(C(=O)O)cs3)CC2=O)c1C. The zero-order valence-electron chi connectivity index (χ0n) is 14.5. The molecule has 3 rings (SSSR count). The molecule has 0 unspecified atom stereocenters. The van der Waals surface area contributed by atoms with Crippen LogP contribution in [-0.2, 0) is 16.1 Å². The molecule has 0 spiro atoms. The number of hydrogen-bond acceptors (Lipinski definition) is 5. The number of aromatic nitrogens is 1. The van der Waals surface area contributed by atoms with Crippen molar-refractivity contribution in [2.75, 3.05) is 11.4 Å². The van der Waals surface area contributed by atoms with E-state index in [-0.39, 0.29) is 30.5 Å². The molecule has 2 N–H and O–H groups in total. The van der Waals surface area contributed by atoms with Crippen molar-refractivity contribution in [2.24, 2.45) is 5.92 Å². The molecule has 1 aliphatic heterocycles. The Morgan fingerprint density at radius 1 is 1.38 bits per heavy atom. The van der Waals surface area contributed by atoms with E-state index in [1.165, 1.54) is 16.7 Å². The fraction of sp³-hybridized carbons (Fsp3) is 0.333. The maximum absolute atomic E-state index is 12.4. The number of nitrogens with one attached hydrogen (secondary N) is 1. The van der Waals surface area contributed by atoms with Crippen molar-refractivity contribution in [3.8, 4) is 0 Å². The van der Waals surface area contributed by atoms with E-state index in [0.717, 1.165) is 16.8 Å². The number of carbonyl (C=O) groups is 3. The van der Waals surface area contributed by atoms with E-state index in [4.69, 9.17) is 5.11 Å². The third-order valence-corrected chi connectivity index (χ3v) is 5.40. The first-order chi connectivity index (χ1) is 12.4. The van der Waals surface area contributed by atoms with Gasteiger partial charge >= 0.3 is 5.97 Å². The lowest BCUT2D eigenvalue weighted by Crippen LogP contribution is -2.32. The van der Waals surface area contributed by atoms with Crippen LogP contribution < -0.4 is 10.2 Å². The zero-order chi connectivity index (χ0) is 18.8. The van der Waals surface area contributed by atoms with Crippen LogP contribution in [0, 0.1) is 19.8 Å². The molecule has 1 aromatic carbocycles. The normalized spacial score (nSPS) is 16.8. The van der Waals surface area contributed by atoms with Gasteiger partial charge in [-0.2, -0.15) is 0 Å². The summed E-state index contributed by atoms with van der Waals surface area (Å²) in [5, 5.41) is 13.6. The van der Waals surface area contributed by atoms with Crippen LogP contribution in [0.15, 0.2) is 23.6 Å². The smallest absolute Gasteiger partial charge is 0.355 e. The maximum Gasteiger partial charge on any atom is 0.355 e. The van der Waals surface area contributed by atoms with Gasteiger partial charge in [-0.1, -0.05) is 12.1 Å². The predicted molar refractivity (Wildman–Crippen MR) is 97.3 cm³/mol. The first-order valence-corrected chi connectivity index (χ1v) is 9.06. The van der Waals surface area contributed by atoms with E-state index >= 15 is 0 Å². The molecule has 26 heavy (non-hydrogen) atoms. The van der Waals surface area contributed by atoms with Gasteiger partial charge in [0.2, 0.25) is 11.8 Å². The maximum atomic E-state index is 12.4. The van der Waals surface area contributed by atoms with Gasteiger partial charge in [0.1, 0.15) is 5.01 Å². The van der Waals surface area contributed by atoms with E-state index in [9.17, 15) is 14.4 Å². The summed E-state index contributed by atoms with van der Waals surface area (Å²) in [6, 6.07) is 5.79. The van der Waals surface area contributed by atoms with E-state index in [0.29, 0.717) is 11.6 Å². The van der Waals surface area contributed by atoms with Crippen molar-refractivity contribution in [3.63, 3.8) is 0 Å². The Balaban J connectivity index is 1.63. The molecule has 8 heteroatoms. The van der Waals surface area contributed by atoms with Gasteiger partial charge in [0.25, 0.3) is 0 Å². The van der Waals surface area contributed by atoms with E-state index in [1.54, 1.807) is 4.90 Å². The monoisotopic (exact) mass is 373 g/mol. The number of amides is 2. The summed E-state index contributed by atoms with van der Waals surface area (Å²) in [5.41, 5.74) is 2.94. The average Bonchev–Trinajstić information content (AvgIpc) is 3.22. The Kier molecular flexibility index (Phi) is 5.03. The third-order valence-electron chi connectivity index (χ3n) is 4.55. The summed E-state index contributed by atoms with van der Waals surface area (Å²) in [6.45, 7) is 4.45. The lowest BCUT2D eigenvalue weighted by atomic mass is 10.1. The quantitative estimate of drug-likeness (QED) is 0.836. The van der Waals surface area contributed by atoms with E-state index < -0.39 is 11.9 Å². The molecule has 2 heterocycles.